The summed E-state index contributed by atoms with van der Waals surface area (Å²) >= 11 is 5.76. The molecular formula is C10H13ClNO. The topological polar surface area (TPSA) is 22.1 Å². The number of alkyl halides is 1. The quantitative estimate of drug-likeness (QED) is 0.697. The highest BCUT2D eigenvalue weighted by atomic mass is 35.5. The highest BCUT2D eigenvalue weighted by Crippen LogP contribution is 2.21. The average molecular weight is 199 g/mol. The Hall–Kier alpha value is -0.760. The van der Waals surface area contributed by atoms with Crippen molar-refractivity contribution < 1.29 is 4.74 Å². The molecule has 1 unspecified atom stereocenters. The summed E-state index contributed by atoms with van der Waals surface area (Å²) < 4.78 is 5.02. The van der Waals surface area contributed by atoms with Crippen molar-refractivity contribution in [2.75, 3.05) is 7.11 Å². The van der Waals surface area contributed by atoms with Crippen molar-refractivity contribution in [1.82, 2.24) is 4.98 Å². The van der Waals surface area contributed by atoms with Gasteiger partial charge in [0.05, 0.1) is 12.8 Å². The molecular weight excluding hydrogens is 186 g/mol. The lowest BCUT2D eigenvalue weighted by molar-refractivity contribution is 0.395. The third-order valence-corrected chi connectivity index (χ3v) is 2.09. The number of hydrogen-bond acceptors (Lipinski definition) is 2. The zero-order valence-corrected chi connectivity index (χ0v) is 8.64. The fraction of sp³-hybridized carbons (Fsp3) is 0.400. The Morgan fingerprint density at radius 3 is 2.77 bits per heavy atom. The van der Waals surface area contributed by atoms with Crippen LogP contribution in [0.15, 0.2) is 12.1 Å². The van der Waals surface area contributed by atoms with Gasteiger partial charge in [-0.25, -0.2) is 4.98 Å². The first-order valence-corrected chi connectivity index (χ1v) is 4.65. The minimum Gasteiger partial charge on any atom is -0.481 e. The van der Waals surface area contributed by atoms with Gasteiger partial charge in [-0.3, -0.25) is 0 Å². The molecule has 0 N–H and O–H groups in total. The van der Waals surface area contributed by atoms with Crippen LogP contribution in [0.5, 0.6) is 5.88 Å². The van der Waals surface area contributed by atoms with Crippen molar-refractivity contribution >= 4 is 11.6 Å². The van der Waals surface area contributed by atoms with Crippen LogP contribution in [-0.4, -0.2) is 12.1 Å². The largest absolute Gasteiger partial charge is 0.481 e. The van der Waals surface area contributed by atoms with E-state index in [1.54, 1.807) is 7.11 Å². The molecule has 0 fully saturated rings. The maximum Gasteiger partial charge on any atom is 0.213 e. The van der Waals surface area contributed by atoms with E-state index < -0.39 is 0 Å². The minimum atomic E-state index is 0.129. The number of methoxy groups -OCH3 is 1. The van der Waals surface area contributed by atoms with E-state index >= 15 is 0 Å². The highest BCUT2D eigenvalue weighted by molar-refractivity contribution is 6.17. The summed E-state index contributed by atoms with van der Waals surface area (Å²) in [5.74, 6) is 1.20. The lowest BCUT2D eigenvalue weighted by atomic mass is 10.1. The smallest absolute Gasteiger partial charge is 0.213 e. The molecule has 0 saturated carbocycles. The Morgan fingerprint density at radius 2 is 2.31 bits per heavy atom. The molecule has 0 aliphatic rings. The van der Waals surface area contributed by atoms with Gasteiger partial charge in [0.2, 0.25) is 5.88 Å². The van der Waals surface area contributed by atoms with Crippen LogP contribution in [0, 0.1) is 6.92 Å². The maximum absolute atomic E-state index is 5.76. The molecule has 1 atom stereocenters. The molecule has 1 radical (unpaired) electrons. The van der Waals surface area contributed by atoms with Crippen LogP contribution in [0.4, 0.5) is 0 Å². The lowest BCUT2D eigenvalue weighted by Crippen LogP contribution is -2.00. The van der Waals surface area contributed by atoms with E-state index in [1.165, 1.54) is 0 Å². The van der Waals surface area contributed by atoms with Gasteiger partial charge >= 0.3 is 0 Å². The molecule has 0 aromatic carbocycles. The van der Waals surface area contributed by atoms with Crippen LogP contribution >= 0.6 is 11.6 Å². The van der Waals surface area contributed by atoms with Crippen LogP contribution in [-0.2, 0) is 5.88 Å². The molecule has 71 valence electrons. The summed E-state index contributed by atoms with van der Waals surface area (Å²) in [6.07, 6.45) is 0. The molecule has 1 rings (SSSR count). The fourth-order valence-corrected chi connectivity index (χ4v) is 1.36. The second kappa shape index (κ2) is 4.47. The van der Waals surface area contributed by atoms with E-state index in [0.717, 1.165) is 11.3 Å². The van der Waals surface area contributed by atoms with E-state index in [2.05, 4.69) is 11.9 Å². The lowest BCUT2D eigenvalue weighted by Gasteiger charge is -2.10. The molecule has 0 amide bonds. The molecule has 0 aliphatic carbocycles. The van der Waals surface area contributed by atoms with Crippen LogP contribution in [0.3, 0.4) is 0 Å². The molecule has 13 heavy (non-hydrogen) atoms. The first-order chi connectivity index (χ1) is 6.19. The Labute approximate surface area is 83.9 Å². The summed E-state index contributed by atoms with van der Waals surface area (Å²) in [6, 6.07) is 3.74. The van der Waals surface area contributed by atoms with Crippen LogP contribution in [0.2, 0.25) is 0 Å². The number of ether oxygens (including phenoxy) is 1. The van der Waals surface area contributed by atoms with E-state index in [9.17, 15) is 0 Å². The Bertz CT molecular complexity index is 286. The van der Waals surface area contributed by atoms with Gasteiger partial charge in [-0.2, -0.15) is 0 Å². The normalized spacial score (nSPS) is 10.5. The standard InChI is InChI=1S/C10H13ClNO/c1-7(2)10-8(6-11)4-5-9(12-10)13-3/h4-5,7H,1,6H2,2-3H3. The van der Waals surface area contributed by atoms with Crippen molar-refractivity contribution in [2.45, 2.75) is 18.7 Å². The van der Waals surface area contributed by atoms with Gasteiger partial charge in [-0.15, -0.1) is 11.6 Å². The third kappa shape index (κ3) is 2.34. The van der Waals surface area contributed by atoms with Crippen molar-refractivity contribution in [3.05, 3.63) is 30.3 Å². The Balaban J connectivity index is 3.10. The van der Waals surface area contributed by atoms with E-state index in [1.807, 2.05) is 19.1 Å². The molecule has 0 spiro atoms. The molecule has 1 heterocycles. The van der Waals surface area contributed by atoms with E-state index in [-0.39, 0.29) is 5.92 Å². The summed E-state index contributed by atoms with van der Waals surface area (Å²) in [4.78, 5) is 4.29. The summed E-state index contributed by atoms with van der Waals surface area (Å²) in [5, 5.41) is 0. The van der Waals surface area contributed by atoms with Crippen LogP contribution in [0.1, 0.15) is 24.1 Å². The van der Waals surface area contributed by atoms with Gasteiger partial charge in [0, 0.05) is 11.9 Å². The number of nitrogens with zero attached hydrogens (tertiary/aromatic N) is 1. The first kappa shape index (κ1) is 10.3. The number of hydrogen-bond donors (Lipinski definition) is 0. The average Bonchev–Trinajstić information content (AvgIpc) is 2.16. The Kier molecular flexibility index (Phi) is 3.55. The molecule has 1 aromatic heterocycles. The zero-order chi connectivity index (χ0) is 9.84. The minimum absolute atomic E-state index is 0.129. The van der Waals surface area contributed by atoms with Crippen LogP contribution in [0.25, 0.3) is 0 Å². The van der Waals surface area contributed by atoms with Crippen molar-refractivity contribution in [2.24, 2.45) is 0 Å². The van der Waals surface area contributed by atoms with E-state index in [0.29, 0.717) is 11.8 Å². The highest BCUT2D eigenvalue weighted by Gasteiger charge is 2.08. The number of rotatable bonds is 3. The predicted molar refractivity (Wildman–Crippen MR) is 54.1 cm³/mol. The first-order valence-electron chi connectivity index (χ1n) is 4.12. The molecule has 0 aliphatic heterocycles. The third-order valence-electron chi connectivity index (χ3n) is 1.81. The fourth-order valence-electron chi connectivity index (χ4n) is 1.14. The van der Waals surface area contributed by atoms with E-state index in [4.69, 9.17) is 16.3 Å². The van der Waals surface area contributed by atoms with Gasteiger partial charge in [-0.1, -0.05) is 13.0 Å². The number of aromatic nitrogens is 1. The molecule has 1 aromatic rings. The van der Waals surface area contributed by atoms with Crippen LogP contribution < -0.4 is 4.74 Å². The Morgan fingerprint density at radius 1 is 1.62 bits per heavy atom. The summed E-state index contributed by atoms with van der Waals surface area (Å²) in [5.41, 5.74) is 1.93. The van der Waals surface area contributed by atoms with Gasteiger partial charge < -0.3 is 4.74 Å². The molecule has 3 heteroatoms. The summed E-state index contributed by atoms with van der Waals surface area (Å²) in [7, 11) is 1.60. The molecule has 0 bridgehead atoms. The second-order valence-corrected chi connectivity index (χ2v) is 3.20. The molecule has 2 nitrogen and oxygen atoms in total. The number of pyridine rings is 1. The maximum atomic E-state index is 5.76. The van der Waals surface area contributed by atoms with Gasteiger partial charge in [-0.05, 0) is 18.4 Å². The van der Waals surface area contributed by atoms with Crippen molar-refractivity contribution in [1.29, 1.82) is 0 Å². The molecule has 0 saturated heterocycles. The zero-order valence-electron chi connectivity index (χ0n) is 7.88. The van der Waals surface area contributed by atoms with Gasteiger partial charge in [0.25, 0.3) is 0 Å². The monoisotopic (exact) mass is 198 g/mol. The van der Waals surface area contributed by atoms with Gasteiger partial charge in [0.15, 0.2) is 0 Å². The summed E-state index contributed by atoms with van der Waals surface area (Å²) in [6.45, 7) is 5.90. The van der Waals surface area contributed by atoms with Crippen molar-refractivity contribution in [3.8, 4) is 5.88 Å². The number of halogens is 1. The second-order valence-electron chi connectivity index (χ2n) is 2.93. The SMILES string of the molecule is [CH2]C(C)c1nc(OC)ccc1CCl. The predicted octanol–water partition coefficient (Wildman–Crippen LogP) is 2.77. The van der Waals surface area contributed by atoms with Crippen molar-refractivity contribution in [3.63, 3.8) is 0 Å². The van der Waals surface area contributed by atoms with Gasteiger partial charge in [0.1, 0.15) is 0 Å².